The molecule has 0 atom stereocenters. The first-order valence-corrected chi connectivity index (χ1v) is 7.43. The van der Waals surface area contributed by atoms with Gasteiger partial charge in [0.25, 0.3) is 5.24 Å². The summed E-state index contributed by atoms with van der Waals surface area (Å²) in [6.07, 6.45) is 1.77. The van der Waals surface area contributed by atoms with E-state index in [0.29, 0.717) is 11.5 Å². The van der Waals surface area contributed by atoms with Gasteiger partial charge in [0.05, 0.1) is 11.5 Å². The summed E-state index contributed by atoms with van der Waals surface area (Å²) in [5, 5.41) is 8.41. The van der Waals surface area contributed by atoms with Gasteiger partial charge in [-0.3, -0.25) is 14.5 Å². The van der Waals surface area contributed by atoms with Crippen LogP contribution in [-0.4, -0.2) is 39.4 Å². The van der Waals surface area contributed by atoms with Crippen LogP contribution >= 0.6 is 24.0 Å². The third kappa shape index (κ3) is 3.83. The van der Waals surface area contributed by atoms with Crippen molar-refractivity contribution in [1.82, 2.24) is 4.90 Å². The topological polar surface area (TPSA) is 66.8 Å². The number of ether oxygens (including phenoxy) is 1. The zero-order chi connectivity index (χ0) is 15.4. The predicted molar refractivity (Wildman–Crippen MR) is 85.5 cm³/mol. The summed E-state index contributed by atoms with van der Waals surface area (Å²) in [5.74, 6) is -0.321. The number of carboxylic acids is 1. The molecule has 1 aliphatic heterocycles. The molecule has 0 radical (unpaired) electrons. The maximum absolute atomic E-state index is 11.7. The highest BCUT2D eigenvalue weighted by atomic mass is 32.2. The van der Waals surface area contributed by atoms with E-state index >= 15 is 0 Å². The van der Waals surface area contributed by atoms with Gasteiger partial charge in [-0.2, -0.15) is 0 Å². The van der Waals surface area contributed by atoms with Crippen molar-refractivity contribution < 1.29 is 19.4 Å². The Morgan fingerprint density at radius 3 is 2.67 bits per heavy atom. The Kier molecular flexibility index (Phi) is 4.98. The predicted octanol–water partition coefficient (Wildman–Crippen LogP) is 3.01. The van der Waals surface area contributed by atoms with Gasteiger partial charge in [-0.15, -0.1) is 0 Å². The molecule has 0 saturated carbocycles. The molecule has 0 bridgehead atoms. The van der Waals surface area contributed by atoms with Crippen LogP contribution < -0.4 is 4.74 Å². The maximum atomic E-state index is 11.7. The molecule has 21 heavy (non-hydrogen) atoms. The lowest BCUT2D eigenvalue weighted by atomic mass is 10.2. The van der Waals surface area contributed by atoms with Gasteiger partial charge in [-0.05, 0) is 42.5 Å². The second-order valence-corrected chi connectivity index (χ2v) is 5.54. The molecule has 0 aliphatic carbocycles. The minimum absolute atomic E-state index is 0.251. The van der Waals surface area contributed by atoms with Crippen molar-refractivity contribution >= 4 is 46.3 Å². The number of thiocarbonyl (C=S) groups is 1. The third-order valence-electron chi connectivity index (χ3n) is 2.66. The number of carbonyl (C=O) groups excluding carboxylic acids is 1. The van der Waals surface area contributed by atoms with Gasteiger partial charge in [0.2, 0.25) is 0 Å². The molecular formula is C14H13NO4S2. The van der Waals surface area contributed by atoms with Gasteiger partial charge in [0, 0.05) is 0 Å². The summed E-state index contributed by atoms with van der Waals surface area (Å²) in [5.41, 5.74) is 0.869. The molecule has 1 aliphatic rings. The fraction of sp³-hybridized carbons (Fsp3) is 0.214. The molecule has 1 fully saturated rings. The molecule has 0 aromatic heterocycles. The van der Waals surface area contributed by atoms with Crippen LogP contribution in [0.15, 0.2) is 29.2 Å². The lowest BCUT2D eigenvalue weighted by Crippen LogP contribution is -2.32. The highest BCUT2D eigenvalue weighted by Crippen LogP contribution is 2.33. The first-order valence-electron chi connectivity index (χ1n) is 6.21. The molecule has 0 unspecified atom stereocenters. The average Bonchev–Trinajstić information content (AvgIpc) is 2.69. The fourth-order valence-electron chi connectivity index (χ4n) is 1.75. The van der Waals surface area contributed by atoms with Gasteiger partial charge in [-0.1, -0.05) is 24.4 Å². The maximum Gasteiger partial charge on any atom is 0.323 e. The molecule has 1 heterocycles. The zero-order valence-corrected chi connectivity index (χ0v) is 12.9. The van der Waals surface area contributed by atoms with Gasteiger partial charge in [-0.25, -0.2) is 0 Å². The highest BCUT2D eigenvalue weighted by molar-refractivity contribution is 8.19. The van der Waals surface area contributed by atoms with E-state index in [2.05, 4.69) is 0 Å². The van der Waals surface area contributed by atoms with E-state index in [1.807, 2.05) is 31.2 Å². The summed E-state index contributed by atoms with van der Waals surface area (Å²) < 4.78 is 5.35. The fourth-order valence-corrected chi connectivity index (χ4v) is 2.99. The molecule has 2 rings (SSSR count). The van der Waals surface area contributed by atoms with E-state index < -0.39 is 12.5 Å². The Bertz CT molecular complexity index is 610. The van der Waals surface area contributed by atoms with Crippen molar-refractivity contribution in [2.75, 3.05) is 13.2 Å². The number of benzene rings is 1. The van der Waals surface area contributed by atoms with Crippen LogP contribution in [0.2, 0.25) is 0 Å². The van der Waals surface area contributed by atoms with Crippen LogP contribution in [0.25, 0.3) is 6.08 Å². The van der Waals surface area contributed by atoms with Gasteiger partial charge < -0.3 is 9.84 Å². The lowest BCUT2D eigenvalue weighted by molar-refractivity contribution is -0.136. The van der Waals surface area contributed by atoms with E-state index in [9.17, 15) is 9.59 Å². The minimum Gasteiger partial charge on any atom is -0.494 e. The van der Waals surface area contributed by atoms with Crippen LogP contribution in [0.1, 0.15) is 12.5 Å². The summed E-state index contributed by atoms with van der Waals surface area (Å²) >= 11 is 6.10. The second-order valence-electron chi connectivity index (χ2n) is 4.16. The number of hydrogen-bond donors (Lipinski definition) is 1. The van der Waals surface area contributed by atoms with E-state index in [1.54, 1.807) is 6.08 Å². The number of nitrogens with zero attached hydrogens (tertiary/aromatic N) is 1. The number of aliphatic carboxylic acids is 1. The number of hydrogen-bond acceptors (Lipinski definition) is 5. The standard InChI is InChI=1S/C14H13NO4S2/c1-2-19-10-5-3-9(4-6-10)7-11-13(20)15(8-12(16)17)14(18)21-11/h3-7H,2,8H2,1H3,(H,16,17). The van der Waals surface area contributed by atoms with Gasteiger partial charge in [0.1, 0.15) is 17.3 Å². The Hall–Kier alpha value is -1.86. The van der Waals surface area contributed by atoms with Crippen molar-refractivity contribution in [2.45, 2.75) is 6.92 Å². The monoisotopic (exact) mass is 323 g/mol. The van der Waals surface area contributed by atoms with Gasteiger partial charge >= 0.3 is 5.97 Å². The first-order chi connectivity index (χ1) is 10.0. The smallest absolute Gasteiger partial charge is 0.323 e. The number of thioether (sulfide) groups is 1. The van der Waals surface area contributed by atoms with Crippen molar-refractivity contribution in [3.63, 3.8) is 0 Å². The quantitative estimate of drug-likeness (QED) is 0.664. The molecule has 110 valence electrons. The summed E-state index contributed by atoms with van der Waals surface area (Å²) in [7, 11) is 0. The Morgan fingerprint density at radius 2 is 2.10 bits per heavy atom. The van der Waals surface area contributed by atoms with Crippen molar-refractivity contribution in [3.8, 4) is 5.75 Å². The molecule has 1 amide bonds. The molecule has 1 N–H and O–H groups in total. The zero-order valence-electron chi connectivity index (χ0n) is 11.2. The lowest BCUT2D eigenvalue weighted by Gasteiger charge is -2.10. The summed E-state index contributed by atoms with van der Waals surface area (Å²) in [6.45, 7) is 2.09. The molecule has 1 aromatic rings. The number of carbonyl (C=O) groups is 2. The summed E-state index contributed by atoms with van der Waals surface area (Å²) in [4.78, 5) is 24.4. The van der Waals surface area contributed by atoms with Crippen LogP contribution in [0.4, 0.5) is 4.79 Å². The minimum atomic E-state index is -1.09. The molecular weight excluding hydrogens is 310 g/mol. The largest absolute Gasteiger partial charge is 0.494 e. The van der Waals surface area contributed by atoms with E-state index in [-0.39, 0.29) is 10.2 Å². The van der Waals surface area contributed by atoms with E-state index in [0.717, 1.165) is 28.0 Å². The van der Waals surface area contributed by atoms with Crippen LogP contribution in [0.3, 0.4) is 0 Å². The number of carboxylic acid groups (broad SMARTS) is 1. The molecule has 1 saturated heterocycles. The first kappa shape index (κ1) is 15.5. The SMILES string of the molecule is CCOc1ccc(C=C2SC(=O)N(CC(=O)O)C2=S)cc1. The van der Waals surface area contributed by atoms with Crippen molar-refractivity contribution in [2.24, 2.45) is 0 Å². The number of rotatable bonds is 5. The summed E-state index contributed by atoms with van der Waals surface area (Å²) in [6, 6.07) is 7.36. The van der Waals surface area contributed by atoms with Crippen LogP contribution in [0.5, 0.6) is 5.75 Å². The van der Waals surface area contributed by atoms with Crippen LogP contribution in [0, 0.1) is 0 Å². The van der Waals surface area contributed by atoms with E-state index in [1.165, 1.54) is 0 Å². The highest BCUT2D eigenvalue weighted by Gasteiger charge is 2.32. The molecule has 1 aromatic carbocycles. The Labute approximate surface area is 131 Å². The molecule has 7 heteroatoms. The van der Waals surface area contributed by atoms with E-state index in [4.69, 9.17) is 22.1 Å². The number of amides is 1. The van der Waals surface area contributed by atoms with Crippen molar-refractivity contribution in [1.29, 1.82) is 0 Å². The third-order valence-corrected chi connectivity index (χ3v) is 4.15. The van der Waals surface area contributed by atoms with Crippen LogP contribution in [-0.2, 0) is 4.79 Å². The Morgan fingerprint density at radius 1 is 1.43 bits per heavy atom. The van der Waals surface area contributed by atoms with Crippen molar-refractivity contribution in [3.05, 3.63) is 34.7 Å². The normalized spacial score (nSPS) is 16.6. The Balaban J connectivity index is 2.16. The molecule has 5 nitrogen and oxygen atoms in total. The molecule has 0 spiro atoms. The second kappa shape index (κ2) is 6.73. The average molecular weight is 323 g/mol. The van der Waals surface area contributed by atoms with Gasteiger partial charge in [0.15, 0.2) is 0 Å².